The zero-order valence-corrected chi connectivity index (χ0v) is 20.1. The fraction of sp³-hybridized carbons (Fsp3) is 0.720. The first kappa shape index (κ1) is 29.3. The summed E-state index contributed by atoms with van der Waals surface area (Å²) in [5, 5.41) is 9.20. The van der Waals surface area contributed by atoms with Gasteiger partial charge in [-0.2, -0.15) is 0 Å². The Kier molecular flexibility index (Phi) is 19.6. The normalized spacial score (nSPS) is 11.1. The predicted molar refractivity (Wildman–Crippen MR) is 126 cm³/mol. The number of phenolic OH excluding ortho intramolecular Hbond substituents is 1. The summed E-state index contributed by atoms with van der Waals surface area (Å²) in [6, 6.07) is 5.89. The van der Waals surface area contributed by atoms with Crippen molar-refractivity contribution in [1.29, 1.82) is 0 Å². The van der Waals surface area contributed by atoms with Crippen LogP contribution in [-0.4, -0.2) is 83.8 Å². The van der Waals surface area contributed by atoms with Crippen molar-refractivity contribution in [2.24, 2.45) is 0 Å². The number of carbonyl (C=O) groups is 1. The maximum atomic E-state index is 11.8. The maximum absolute atomic E-state index is 11.8. The molecule has 1 aromatic rings. The highest BCUT2D eigenvalue weighted by molar-refractivity contribution is 5.89. The first-order chi connectivity index (χ1) is 16.2. The van der Waals surface area contributed by atoms with Crippen LogP contribution in [0, 0.1) is 0 Å². The molecule has 1 aromatic carbocycles. The number of rotatable bonds is 23. The summed E-state index contributed by atoms with van der Waals surface area (Å²) in [6.07, 6.45) is 7.64. The minimum Gasteiger partial charge on any atom is -0.508 e. The van der Waals surface area contributed by atoms with Gasteiger partial charge in [-0.1, -0.05) is 39.0 Å². The third-order valence-corrected chi connectivity index (χ3v) is 4.69. The lowest BCUT2D eigenvalue weighted by Crippen LogP contribution is -2.15. The third kappa shape index (κ3) is 18.4. The lowest BCUT2D eigenvalue weighted by atomic mass is 10.1. The van der Waals surface area contributed by atoms with Crippen LogP contribution < -0.4 is 0 Å². The molecule has 0 saturated carbocycles. The van der Waals surface area contributed by atoms with Crippen LogP contribution in [0.2, 0.25) is 0 Å². The molecule has 0 spiro atoms. The topological polar surface area (TPSA) is 92.7 Å². The molecule has 0 aliphatic carbocycles. The molecule has 8 heteroatoms. The number of hydrogen-bond acceptors (Lipinski definition) is 8. The first-order valence-electron chi connectivity index (χ1n) is 12.1. The number of benzene rings is 1. The summed E-state index contributed by atoms with van der Waals surface area (Å²) >= 11 is 0. The zero-order valence-electron chi connectivity index (χ0n) is 20.1. The van der Waals surface area contributed by atoms with Crippen LogP contribution in [0.4, 0.5) is 0 Å². The quantitative estimate of drug-likeness (QED) is 0.190. The van der Waals surface area contributed by atoms with Gasteiger partial charge in [-0.05, 0) is 30.7 Å². The summed E-state index contributed by atoms with van der Waals surface area (Å²) < 4.78 is 32.3. The number of hydrogen-bond donors (Lipinski definition) is 1. The number of aromatic hydroxyl groups is 1. The highest BCUT2D eigenvalue weighted by atomic mass is 16.6. The minimum absolute atomic E-state index is 0.105. The Morgan fingerprint density at radius 1 is 0.606 bits per heavy atom. The number of esters is 1. The molecule has 0 unspecified atom stereocenters. The summed E-state index contributed by atoms with van der Waals surface area (Å²) in [5.74, 6) is -0.343. The molecule has 0 heterocycles. The molecule has 8 nitrogen and oxygen atoms in total. The third-order valence-electron chi connectivity index (χ3n) is 4.69. The second-order valence-electron chi connectivity index (χ2n) is 7.51. The summed E-state index contributed by atoms with van der Waals surface area (Å²) in [7, 11) is 0. The zero-order chi connectivity index (χ0) is 23.8. The van der Waals surface area contributed by atoms with Gasteiger partial charge in [0.05, 0.1) is 65.0 Å². The Bertz CT molecular complexity index is 564. The van der Waals surface area contributed by atoms with Crippen molar-refractivity contribution in [2.75, 3.05) is 72.7 Å². The van der Waals surface area contributed by atoms with Crippen LogP contribution in [0.15, 0.2) is 24.3 Å². The van der Waals surface area contributed by atoms with Crippen LogP contribution in [0.25, 0.3) is 0 Å². The largest absolute Gasteiger partial charge is 0.508 e. The molecule has 190 valence electrons. The fourth-order valence-electron chi connectivity index (χ4n) is 2.84. The van der Waals surface area contributed by atoms with Crippen molar-refractivity contribution in [2.45, 2.75) is 45.4 Å². The van der Waals surface area contributed by atoms with Gasteiger partial charge < -0.3 is 33.5 Å². The highest BCUT2D eigenvalue weighted by Gasteiger charge is 2.06. The highest BCUT2D eigenvalue weighted by Crippen LogP contribution is 2.10. The van der Waals surface area contributed by atoms with Crippen molar-refractivity contribution in [3.63, 3.8) is 0 Å². The maximum Gasteiger partial charge on any atom is 0.338 e. The van der Waals surface area contributed by atoms with Crippen molar-refractivity contribution >= 4 is 5.97 Å². The number of phenols is 1. The summed E-state index contributed by atoms with van der Waals surface area (Å²) in [5.41, 5.74) is 0.387. The van der Waals surface area contributed by atoms with Crippen LogP contribution in [0.5, 0.6) is 5.75 Å². The second kappa shape index (κ2) is 22.1. The number of ether oxygens (including phenoxy) is 6. The molecule has 0 fully saturated rings. The van der Waals surface area contributed by atoms with Crippen LogP contribution >= 0.6 is 0 Å². The van der Waals surface area contributed by atoms with Gasteiger partial charge in [0.2, 0.25) is 0 Å². The molecule has 0 amide bonds. The molecular weight excluding hydrogens is 428 g/mol. The van der Waals surface area contributed by atoms with Crippen LogP contribution in [0.3, 0.4) is 0 Å². The lowest BCUT2D eigenvalue weighted by Gasteiger charge is -2.08. The van der Waals surface area contributed by atoms with Crippen LogP contribution in [-0.2, 0) is 28.4 Å². The van der Waals surface area contributed by atoms with E-state index >= 15 is 0 Å². The van der Waals surface area contributed by atoms with E-state index in [2.05, 4.69) is 6.92 Å². The average molecular weight is 471 g/mol. The van der Waals surface area contributed by atoms with E-state index in [9.17, 15) is 9.90 Å². The SMILES string of the molecule is CCCCCCCCOCCOCCOCCOCCOCCOC(=O)c1ccc(O)cc1. The van der Waals surface area contributed by atoms with Gasteiger partial charge in [0, 0.05) is 6.61 Å². The van der Waals surface area contributed by atoms with E-state index < -0.39 is 5.97 Å². The van der Waals surface area contributed by atoms with Gasteiger partial charge in [-0.15, -0.1) is 0 Å². The van der Waals surface area contributed by atoms with Gasteiger partial charge in [-0.3, -0.25) is 0 Å². The van der Waals surface area contributed by atoms with Gasteiger partial charge in [0.15, 0.2) is 0 Å². The second-order valence-corrected chi connectivity index (χ2v) is 7.51. The molecule has 0 aromatic heterocycles. The van der Waals surface area contributed by atoms with E-state index in [1.807, 2.05) is 0 Å². The standard InChI is InChI=1S/C25H42O8/c1-2-3-4-5-6-7-12-28-13-14-29-15-16-30-17-18-31-19-20-32-21-22-33-25(27)23-8-10-24(26)11-9-23/h8-11,26H,2-7,12-22H2,1H3. The Balaban J connectivity index is 1.72. The van der Waals surface area contributed by atoms with E-state index in [0.717, 1.165) is 13.0 Å². The van der Waals surface area contributed by atoms with E-state index in [-0.39, 0.29) is 12.4 Å². The van der Waals surface area contributed by atoms with Crippen molar-refractivity contribution in [3.05, 3.63) is 29.8 Å². The smallest absolute Gasteiger partial charge is 0.338 e. The molecule has 0 saturated heterocycles. The van der Waals surface area contributed by atoms with Gasteiger partial charge >= 0.3 is 5.97 Å². The van der Waals surface area contributed by atoms with Crippen molar-refractivity contribution < 1.29 is 38.3 Å². The molecule has 0 aliphatic heterocycles. The van der Waals surface area contributed by atoms with E-state index in [1.165, 1.54) is 56.4 Å². The molecule has 33 heavy (non-hydrogen) atoms. The number of unbranched alkanes of at least 4 members (excludes halogenated alkanes) is 5. The van der Waals surface area contributed by atoms with Crippen LogP contribution in [0.1, 0.15) is 55.8 Å². The summed E-state index contributed by atoms with van der Waals surface area (Å²) in [6.45, 7) is 7.66. The molecule has 0 aliphatic rings. The lowest BCUT2D eigenvalue weighted by molar-refractivity contribution is -0.0153. The predicted octanol–water partition coefficient (Wildman–Crippen LogP) is 3.99. The Labute approximate surface area is 198 Å². The Morgan fingerprint density at radius 3 is 1.55 bits per heavy atom. The Hall–Kier alpha value is -1.71. The van der Waals surface area contributed by atoms with Crippen molar-refractivity contribution in [3.8, 4) is 5.75 Å². The van der Waals surface area contributed by atoms with Gasteiger partial charge in [-0.25, -0.2) is 4.79 Å². The monoisotopic (exact) mass is 470 g/mol. The molecule has 0 radical (unpaired) electrons. The van der Waals surface area contributed by atoms with E-state index in [1.54, 1.807) is 0 Å². The first-order valence-corrected chi connectivity index (χ1v) is 12.1. The Morgan fingerprint density at radius 2 is 1.03 bits per heavy atom. The van der Waals surface area contributed by atoms with Crippen molar-refractivity contribution in [1.82, 2.24) is 0 Å². The number of carbonyl (C=O) groups excluding carboxylic acids is 1. The average Bonchev–Trinajstić information content (AvgIpc) is 2.82. The molecular formula is C25H42O8. The molecule has 0 atom stereocenters. The van der Waals surface area contributed by atoms with E-state index in [0.29, 0.717) is 65.0 Å². The minimum atomic E-state index is -0.448. The molecule has 1 rings (SSSR count). The molecule has 0 bridgehead atoms. The molecule has 1 N–H and O–H groups in total. The summed E-state index contributed by atoms with van der Waals surface area (Å²) in [4.78, 5) is 11.8. The van der Waals surface area contributed by atoms with Gasteiger partial charge in [0.25, 0.3) is 0 Å². The van der Waals surface area contributed by atoms with E-state index in [4.69, 9.17) is 28.4 Å². The fourth-order valence-corrected chi connectivity index (χ4v) is 2.84. The van der Waals surface area contributed by atoms with Gasteiger partial charge in [0.1, 0.15) is 12.4 Å².